The Hall–Kier alpha value is -2.37. The van der Waals surface area contributed by atoms with Crippen molar-refractivity contribution in [1.82, 2.24) is 10.1 Å². The van der Waals surface area contributed by atoms with Gasteiger partial charge >= 0.3 is 6.01 Å². The molecule has 3 N–H and O–H groups in total. The lowest BCUT2D eigenvalue weighted by molar-refractivity contribution is 0.102. The van der Waals surface area contributed by atoms with Crippen molar-refractivity contribution in [2.45, 2.75) is 0 Å². The third-order valence-corrected chi connectivity index (χ3v) is 1.70. The van der Waals surface area contributed by atoms with E-state index in [9.17, 15) is 4.79 Å². The summed E-state index contributed by atoms with van der Waals surface area (Å²) in [5.74, 6) is -0.336. The Morgan fingerprint density at radius 1 is 1.33 bits per heavy atom. The summed E-state index contributed by atoms with van der Waals surface area (Å²) < 4.78 is 4.64. The summed E-state index contributed by atoms with van der Waals surface area (Å²) >= 11 is 0. The molecule has 6 nitrogen and oxygen atoms in total. The lowest BCUT2D eigenvalue weighted by Gasteiger charge is -1.98. The van der Waals surface area contributed by atoms with Crippen LogP contribution in [-0.2, 0) is 0 Å². The third-order valence-electron chi connectivity index (χ3n) is 1.70. The maximum absolute atomic E-state index is 11.5. The Kier molecular flexibility index (Phi) is 2.32. The molecule has 15 heavy (non-hydrogen) atoms. The number of anilines is 2. The van der Waals surface area contributed by atoms with Gasteiger partial charge in [0, 0.05) is 5.56 Å². The van der Waals surface area contributed by atoms with Crippen LogP contribution in [0.1, 0.15) is 10.4 Å². The van der Waals surface area contributed by atoms with Crippen molar-refractivity contribution >= 4 is 17.9 Å². The number of nitrogens with zero attached hydrogens (tertiary/aromatic N) is 2. The predicted octanol–water partition coefficient (Wildman–Crippen LogP) is 0.904. The van der Waals surface area contributed by atoms with E-state index in [2.05, 4.69) is 20.0 Å². The number of benzene rings is 1. The molecular formula is C9H8N4O2. The van der Waals surface area contributed by atoms with Gasteiger partial charge in [0.15, 0.2) is 0 Å². The van der Waals surface area contributed by atoms with E-state index < -0.39 is 0 Å². The van der Waals surface area contributed by atoms with E-state index in [0.29, 0.717) is 5.56 Å². The van der Waals surface area contributed by atoms with Crippen molar-refractivity contribution in [3.8, 4) is 0 Å². The van der Waals surface area contributed by atoms with Gasteiger partial charge in [-0.05, 0) is 17.3 Å². The summed E-state index contributed by atoms with van der Waals surface area (Å²) in [7, 11) is 0. The van der Waals surface area contributed by atoms with Gasteiger partial charge in [-0.3, -0.25) is 10.1 Å². The van der Waals surface area contributed by atoms with Crippen molar-refractivity contribution in [3.05, 3.63) is 35.9 Å². The smallest absolute Gasteiger partial charge is 0.330 e. The number of amides is 1. The van der Waals surface area contributed by atoms with E-state index in [4.69, 9.17) is 5.73 Å². The molecule has 76 valence electrons. The van der Waals surface area contributed by atoms with Gasteiger partial charge in [-0.2, -0.15) is 4.98 Å². The summed E-state index contributed by atoms with van der Waals surface area (Å²) in [6.45, 7) is 0. The minimum absolute atomic E-state index is 0.0126. The first-order valence-corrected chi connectivity index (χ1v) is 4.21. The van der Waals surface area contributed by atoms with Crippen LogP contribution in [0.25, 0.3) is 0 Å². The minimum atomic E-state index is -0.320. The van der Waals surface area contributed by atoms with Crippen LogP contribution in [0.5, 0.6) is 0 Å². The van der Waals surface area contributed by atoms with Gasteiger partial charge in [0.25, 0.3) is 11.9 Å². The molecule has 0 bridgehead atoms. The fourth-order valence-electron chi connectivity index (χ4n) is 1.04. The number of hydrogen-bond acceptors (Lipinski definition) is 5. The molecule has 0 unspecified atom stereocenters. The van der Waals surface area contributed by atoms with Gasteiger partial charge < -0.3 is 10.3 Å². The molecule has 1 amide bonds. The van der Waals surface area contributed by atoms with Crippen LogP contribution in [0.4, 0.5) is 12.0 Å². The molecule has 6 heteroatoms. The molecule has 0 aliphatic rings. The highest BCUT2D eigenvalue weighted by molar-refractivity contribution is 6.03. The molecule has 0 saturated heterocycles. The number of hydrogen-bond donors (Lipinski definition) is 2. The number of rotatable bonds is 2. The second-order valence-corrected chi connectivity index (χ2v) is 2.78. The van der Waals surface area contributed by atoms with Crippen LogP contribution in [-0.4, -0.2) is 16.0 Å². The summed E-state index contributed by atoms with van der Waals surface area (Å²) in [6.07, 6.45) is 0. The number of aromatic nitrogens is 2. The van der Waals surface area contributed by atoms with Crippen molar-refractivity contribution in [2.24, 2.45) is 0 Å². The normalized spacial score (nSPS) is 9.87. The van der Waals surface area contributed by atoms with E-state index >= 15 is 0 Å². The molecule has 1 aromatic heterocycles. The summed E-state index contributed by atoms with van der Waals surface area (Å²) in [6, 6.07) is 8.68. The Bertz CT molecular complexity index is 466. The molecule has 0 aliphatic heterocycles. The Balaban J connectivity index is 2.11. The summed E-state index contributed by atoms with van der Waals surface area (Å²) in [5, 5.41) is 5.76. The average Bonchev–Trinajstić information content (AvgIpc) is 2.65. The highest BCUT2D eigenvalue weighted by atomic mass is 16.5. The number of nitrogen functional groups attached to an aromatic ring is 1. The molecule has 0 spiro atoms. The number of carbonyl (C=O) groups is 1. The average molecular weight is 204 g/mol. The van der Waals surface area contributed by atoms with Gasteiger partial charge in [-0.1, -0.05) is 18.2 Å². The largest absolute Gasteiger partial charge is 0.365 e. The van der Waals surface area contributed by atoms with E-state index in [1.807, 2.05) is 6.07 Å². The molecule has 2 aromatic rings. The van der Waals surface area contributed by atoms with E-state index in [-0.39, 0.29) is 17.9 Å². The zero-order valence-electron chi connectivity index (χ0n) is 7.68. The molecular weight excluding hydrogens is 196 g/mol. The number of nitrogens with two attached hydrogens (primary N) is 1. The maximum Gasteiger partial charge on any atom is 0.330 e. The fourth-order valence-corrected chi connectivity index (χ4v) is 1.04. The van der Waals surface area contributed by atoms with E-state index in [0.717, 1.165) is 0 Å². The van der Waals surface area contributed by atoms with Crippen molar-refractivity contribution in [3.63, 3.8) is 0 Å². The highest BCUT2D eigenvalue weighted by Crippen LogP contribution is 2.07. The first-order chi connectivity index (χ1) is 7.25. The van der Waals surface area contributed by atoms with Gasteiger partial charge in [0.2, 0.25) is 0 Å². The first kappa shape index (κ1) is 9.20. The van der Waals surface area contributed by atoms with E-state index in [1.54, 1.807) is 24.3 Å². The van der Waals surface area contributed by atoms with Crippen LogP contribution in [0.15, 0.2) is 34.9 Å². The second kappa shape index (κ2) is 3.79. The van der Waals surface area contributed by atoms with Crippen LogP contribution >= 0.6 is 0 Å². The molecule has 2 rings (SSSR count). The third kappa shape index (κ3) is 2.11. The van der Waals surface area contributed by atoms with Gasteiger partial charge in [-0.25, -0.2) is 0 Å². The van der Waals surface area contributed by atoms with Crippen molar-refractivity contribution in [1.29, 1.82) is 0 Å². The van der Waals surface area contributed by atoms with Gasteiger partial charge in [0.1, 0.15) is 0 Å². The molecule has 1 aromatic carbocycles. The van der Waals surface area contributed by atoms with Crippen molar-refractivity contribution in [2.75, 3.05) is 11.1 Å². The molecule has 0 fully saturated rings. The lowest BCUT2D eigenvalue weighted by atomic mass is 10.2. The van der Waals surface area contributed by atoms with Crippen LogP contribution < -0.4 is 11.1 Å². The summed E-state index contributed by atoms with van der Waals surface area (Å²) in [4.78, 5) is 15.2. The number of carbonyl (C=O) groups excluding carboxylic acids is 1. The quantitative estimate of drug-likeness (QED) is 0.758. The SMILES string of the molecule is Nc1noc(NC(=O)c2ccccc2)n1. The van der Waals surface area contributed by atoms with Crippen LogP contribution in [0.2, 0.25) is 0 Å². The Morgan fingerprint density at radius 3 is 2.67 bits per heavy atom. The lowest BCUT2D eigenvalue weighted by Crippen LogP contribution is -2.11. The Morgan fingerprint density at radius 2 is 2.07 bits per heavy atom. The molecule has 1 heterocycles. The van der Waals surface area contributed by atoms with Gasteiger partial charge in [0.05, 0.1) is 0 Å². The molecule has 0 radical (unpaired) electrons. The van der Waals surface area contributed by atoms with Crippen LogP contribution in [0, 0.1) is 0 Å². The van der Waals surface area contributed by atoms with Crippen molar-refractivity contribution < 1.29 is 9.32 Å². The highest BCUT2D eigenvalue weighted by Gasteiger charge is 2.09. The standard InChI is InChI=1S/C9H8N4O2/c10-8-12-9(15-13-8)11-7(14)6-4-2-1-3-5-6/h1-5H,(H3,10,11,12,13,14). The molecule has 0 saturated carbocycles. The second-order valence-electron chi connectivity index (χ2n) is 2.78. The first-order valence-electron chi connectivity index (χ1n) is 4.21. The topological polar surface area (TPSA) is 94.0 Å². The van der Waals surface area contributed by atoms with Crippen LogP contribution in [0.3, 0.4) is 0 Å². The van der Waals surface area contributed by atoms with Gasteiger partial charge in [-0.15, -0.1) is 0 Å². The molecule has 0 atom stereocenters. The molecule has 0 aliphatic carbocycles. The maximum atomic E-state index is 11.5. The number of nitrogens with one attached hydrogen (secondary N) is 1. The monoisotopic (exact) mass is 204 g/mol. The summed E-state index contributed by atoms with van der Waals surface area (Å²) in [5.41, 5.74) is 5.73. The Labute approximate surface area is 85.1 Å². The zero-order valence-corrected chi connectivity index (χ0v) is 7.68. The van der Waals surface area contributed by atoms with E-state index in [1.165, 1.54) is 0 Å². The fraction of sp³-hybridized carbons (Fsp3) is 0. The minimum Gasteiger partial charge on any atom is -0.365 e. The predicted molar refractivity (Wildman–Crippen MR) is 53.1 cm³/mol. The zero-order chi connectivity index (χ0) is 10.7.